The van der Waals surface area contributed by atoms with E-state index in [2.05, 4.69) is 50.3 Å². The first-order valence-corrected chi connectivity index (χ1v) is 13.5. The standard InChI is InChI=1S/C25H44ClN7O3/c1-4-12-32-15-29-24-20(23(32)27)31(3)16-33(24)25-22(35)21(34)19(36-25)14-30(2)13-11-28-10-9-17-7-5-6-8-18(17)26/h5-8,19-25,28-29,34-35H,4,9-16,27H2,1-3H3/t19-,20?,21-,22-,23?,24?,25-/m1/s1. The van der Waals surface area contributed by atoms with Crippen molar-refractivity contribution >= 4 is 11.6 Å². The Morgan fingerprint density at radius 2 is 2.03 bits per heavy atom. The van der Waals surface area contributed by atoms with Crippen molar-refractivity contribution in [2.75, 3.05) is 60.2 Å². The summed E-state index contributed by atoms with van der Waals surface area (Å²) in [6, 6.07) is 7.99. The predicted octanol–water partition coefficient (Wildman–Crippen LogP) is -0.692. The van der Waals surface area contributed by atoms with Crippen molar-refractivity contribution in [2.45, 2.75) is 62.7 Å². The van der Waals surface area contributed by atoms with E-state index >= 15 is 0 Å². The average Bonchev–Trinajstić information content (AvgIpc) is 3.33. The van der Waals surface area contributed by atoms with Crippen molar-refractivity contribution in [3.8, 4) is 0 Å². The molecule has 6 N–H and O–H groups in total. The van der Waals surface area contributed by atoms with Crippen LogP contribution in [0.25, 0.3) is 0 Å². The van der Waals surface area contributed by atoms with Crippen LogP contribution in [0.2, 0.25) is 5.02 Å². The van der Waals surface area contributed by atoms with Gasteiger partial charge in [-0.15, -0.1) is 0 Å². The Bertz CT molecular complexity index is 839. The maximum absolute atomic E-state index is 10.9. The number of hydrogen-bond acceptors (Lipinski definition) is 10. The second-order valence-corrected chi connectivity index (χ2v) is 10.8. The van der Waals surface area contributed by atoms with Gasteiger partial charge < -0.3 is 30.9 Å². The Labute approximate surface area is 220 Å². The quantitative estimate of drug-likeness (QED) is 0.238. The number of fused-ring (bicyclic) bond motifs is 1. The molecule has 1 aromatic carbocycles. The van der Waals surface area contributed by atoms with Crippen LogP contribution in [-0.4, -0.2) is 133 Å². The number of benzene rings is 1. The summed E-state index contributed by atoms with van der Waals surface area (Å²) in [6.45, 7) is 7.40. The Morgan fingerprint density at radius 1 is 1.25 bits per heavy atom. The van der Waals surface area contributed by atoms with Crippen molar-refractivity contribution in [2.24, 2.45) is 5.73 Å². The molecule has 0 spiro atoms. The molecular formula is C25H44ClN7O3. The van der Waals surface area contributed by atoms with Crippen molar-refractivity contribution in [3.63, 3.8) is 0 Å². The van der Waals surface area contributed by atoms with E-state index in [1.165, 1.54) is 0 Å². The van der Waals surface area contributed by atoms with Gasteiger partial charge >= 0.3 is 0 Å². The molecule has 3 fully saturated rings. The number of likely N-dealkylation sites (N-methyl/N-ethyl adjacent to an activating group) is 2. The van der Waals surface area contributed by atoms with Crippen LogP contribution in [0.15, 0.2) is 24.3 Å². The van der Waals surface area contributed by atoms with Crippen LogP contribution in [-0.2, 0) is 11.2 Å². The molecule has 3 saturated heterocycles. The van der Waals surface area contributed by atoms with Crippen LogP contribution in [0.1, 0.15) is 18.9 Å². The van der Waals surface area contributed by atoms with Crippen LogP contribution in [0.4, 0.5) is 0 Å². The molecule has 0 bridgehead atoms. The van der Waals surface area contributed by atoms with Gasteiger partial charge in [0.25, 0.3) is 0 Å². The second kappa shape index (κ2) is 12.8. The fourth-order valence-electron chi connectivity index (χ4n) is 5.72. The highest BCUT2D eigenvalue weighted by Gasteiger charge is 2.54. The van der Waals surface area contributed by atoms with Crippen LogP contribution in [0, 0.1) is 0 Å². The fraction of sp³-hybridized carbons (Fsp3) is 0.760. The largest absolute Gasteiger partial charge is 0.387 e. The van der Waals surface area contributed by atoms with Gasteiger partial charge in [0.1, 0.15) is 24.5 Å². The zero-order chi connectivity index (χ0) is 25.8. The molecule has 0 amide bonds. The van der Waals surface area contributed by atoms with E-state index < -0.39 is 24.5 Å². The summed E-state index contributed by atoms with van der Waals surface area (Å²) >= 11 is 6.23. The molecule has 7 atom stereocenters. The fourth-order valence-corrected chi connectivity index (χ4v) is 5.95. The van der Waals surface area contributed by atoms with Gasteiger partial charge in [0.2, 0.25) is 0 Å². The molecule has 36 heavy (non-hydrogen) atoms. The number of aliphatic hydroxyl groups is 2. The van der Waals surface area contributed by atoms with Gasteiger partial charge in [-0.05, 0) is 45.1 Å². The molecule has 11 heteroatoms. The third-order valence-corrected chi connectivity index (χ3v) is 8.09. The topological polar surface area (TPSA) is 113 Å². The smallest absolute Gasteiger partial charge is 0.142 e. The minimum absolute atomic E-state index is 0.0382. The van der Waals surface area contributed by atoms with Crippen molar-refractivity contribution in [3.05, 3.63) is 34.9 Å². The number of halogens is 1. The van der Waals surface area contributed by atoms with Crippen LogP contribution in [0.5, 0.6) is 0 Å². The Hall–Kier alpha value is -0.890. The lowest BCUT2D eigenvalue weighted by Crippen LogP contribution is -2.69. The molecule has 0 saturated carbocycles. The highest BCUT2D eigenvalue weighted by molar-refractivity contribution is 6.31. The van der Waals surface area contributed by atoms with Gasteiger partial charge in [0.15, 0.2) is 0 Å². The van der Waals surface area contributed by atoms with Crippen molar-refractivity contribution in [1.82, 2.24) is 30.2 Å². The Morgan fingerprint density at radius 3 is 2.78 bits per heavy atom. The molecule has 3 heterocycles. The molecule has 0 aromatic heterocycles. The van der Waals surface area contributed by atoms with Gasteiger partial charge in [-0.2, -0.15) is 0 Å². The first-order valence-electron chi connectivity index (χ1n) is 13.1. The van der Waals surface area contributed by atoms with Crippen LogP contribution >= 0.6 is 11.6 Å². The molecule has 1 aromatic rings. The minimum atomic E-state index is -0.976. The number of hydrogen-bond donors (Lipinski definition) is 5. The molecule has 204 valence electrons. The van der Waals surface area contributed by atoms with E-state index in [4.69, 9.17) is 22.1 Å². The predicted molar refractivity (Wildman–Crippen MR) is 141 cm³/mol. The highest BCUT2D eigenvalue weighted by atomic mass is 35.5. The van der Waals surface area contributed by atoms with Crippen molar-refractivity contribution < 1.29 is 14.9 Å². The summed E-state index contributed by atoms with van der Waals surface area (Å²) in [5.41, 5.74) is 7.75. The number of rotatable bonds is 11. The maximum atomic E-state index is 10.9. The number of nitrogens with zero attached hydrogens (tertiary/aromatic N) is 4. The van der Waals surface area contributed by atoms with Gasteiger partial charge in [-0.3, -0.25) is 15.1 Å². The van der Waals surface area contributed by atoms with Gasteiger partial charge in [-0.1, -0.05) is 36.7 Å². The summed E-state index contributed by atoms with van der Waals surface area (Å²) in [5.74, 6) is 0. The summed E-state index contributed by atoms with van der Waals surface area (Å²) in [6.07, 6.45) is -1.17. The number of aliphatic hydroxyl groups excluding tert-OH is 2. The average molecular weight is 526 g/mol. The van der Waals surface area contributed by atoms with Crippen LogP contribution in [0.3, 0.4) is 0 Å². The van der Waals surface area contributed by atoms with Gasteiger partial charge in [0.05, 0.1) is 31.7 Å². The molecule has 3 unspecified atom stereocenters. The number of ether oxygens (including phenoxy) is 1. The lowest BCUT2D eigenvalue weighted by atomic mass is 10.1. The molecule has 0 radical (unpaired) electrons. The van der Waals surface area contributed by atoms with Gasteiger partial charge in [-0.25, -0.2) is 4.90 Å². The lowest BCUT2D eigenvalue weighted by molar-refractivity contribution is -0.111. The zero-order valence-corrected chi connectivity index (χ0v) is 22.5. The normalized spacial score (nSPS) is 34.1. The molecule has 0 aliphatic carbocycles. The first-order chi connectivity index (χ1) is 17.3. The summed E-state index contributed by atoms with van der Waals surface area (Å²) in [4.78, 5) is 8.70. The SMILES string of the molecule is CCCN1CNC2C(C1N)N(C)CN2[C@@H]1O[C@H](CN(C)CCNCCc2ccccc2Cl)[C@@H](O)[C@H]1O. The summed E-state index contributed by atoms with van der Waals surface area (Å²) in [5, 5.41) is 29.5. The molecular weight excluding hydrogens is 482 g/mol. The molecule has 3 aliphatic rings. The second-order valence-electron chi connectivity index (χ2n) is 10.4. The minimum Gasteiger partial charge on any atom is -0.387 e. The van der Waals surface area contributed by atoms with Gasteiger partial charge in [0, 0.05) is 31.2 Å². The Balaban J connectivity index is 1.24. The molecule has 3 aliphatic heterocycles. The number of nitrogens with one attached hydrogen (secondary N) is 2. The monoisotopic (exact) mass is 525 g/mol. The summed E-state index contributed by atoms with van der Waals surface area (Å²) in [7, 11) is 4.06. The van der Waals surface area contributed by atoms with Crippen LogP contribution < -0.4 is 16.4 Å². The molecule has 10 nitrogen and oxygen atoms in total. The third-order valence-electron chi connectivity index (χ3n) is 7.72. The maximum Gasteiger partial charge on any atom is 0.142 e. The van der Waals surface area contributed by atoms with E-state index in [-0.39, 0.29) is 18.4 Å². The van der Waals surface area contributed by atoms with E-state index in [1.807, 2.05) is 25.2 Å². The van der Waals surface area contributed by atoms with E-state index in [9.17, 15) is 10.2 Å². The lowest BCUT2D eigenvalue weighted by Gasteiger charge is -2.45. The highest BCUT2D eigenvalue weighted by Crippen LogP contribution is 2.32. The molecule has 4 rings (SSSR count). The number of nitrogens with two attached hydrogens (primary N) is 1. The first kappa shape index (κ1) is 28.1. The summed E-state index contributed by atoms with van der Waals surface area (Å²) < 4.78 is 6.27. The Kier molecular flexibility index (Phi) is 9.98. The van der Waals surface area contributed by atoms with E-state index in [0.717, 1.165) is 49.6 Å². The zero-order valence-electron chi connectivity index (χ0n) is 21.8. The van der Waals surface area contributed by atoms with Crippen molar-refractivity contribution in [1.29, 1.82) is 0 Å². The van der Waals surface area contributed by atoms with E-state index in [1.54, 1.807) is 0 Å². The third kappa shape index (κ3) is 6.22. The van der Waals surface area contributed by atoms with E-state index in [0.29, 0.717) is 19.9 Å².